The summed E-state index contributed by atoms with van der Waals surface area (Å²) in [5.41, 5.74) is 3.95. The molecule has 1 aromatic carbocycles. The van der Waals surface area contributed by atoms with Gasteiger partial charge in [-0.1, -0.05) is 56.3 Å². The molecule has 0 saturated carbocycles. The summed E-state index contributed by atoms with van der Waals surface area (Å²) in [4.78, 5) is 44.7. The number of amides is 1. The zero-order valence-electron chi connectivity index (χ0n) is 24.5. The number of pyridine rings is 2. The van der Waals surface area contributed by atoms with Gasteiger partial charge in [-0.2, -0.15) is 4.98 Å². The van der Waals surface area contributed by atoms with Gasteiger partial charge in [0, 0.05) is 36.9 Å². The van der Waals surface area contributed by atoms with Gasteiger partial charge in [-0.3, -0.25) is 9.78 Å². The first kappa shape index (κ1) is 29.4. The Kier molecular flexibility index (Phi) is 8.17. The molecule has 5 rings (SSSR count). The van der Waals surface area contributed by atoms with Gasteiger partial charge in [0.25, 0.3) is 0 Å². The summed E-state index contributed by atoms with van der Waals surface area (Å²) in [6.45, 7) is 14.3. The monoisotopic (exact) mass is 586 g/mol. The molecule has 1 amide bonds. The summed E-state index contributed by atoms with van der Waals surface area (Å²) in [5.74, 6) is 0.354. The fraction of sp³-hybridized carbons (Fsp3) is 0.344. The fourth-order valence-electron chi connectivity index (χ4n) is 5.74. The predicted octanol–water partition coefficient (Wildman–Crippen LogP) is 5.03. The van der Waals surface area contributed by atoms with E-state index in [2.05, 4.69) is 16.5 Å². The Morgan fingerprint density at radius 1 is 1.17 bits per heavy atom. The van der Waals surface area contributed by atoms with E-state index in [9.17, 15) is 14.7 Å². The van der Waals surface area contributed by atoms with Crippen LogP contribution in [0.25, 0.3) is 28.0 Å². The number of piperazine rings is 1. The van der Waals surface area contributed by atoms with Crippen LogP contribution < -0.4 is 10.6 Å². The van der Waals surface area contributed by atoms with Crippen LogP contribution >= 0.6 is 11.6 Å². The maximum atomic E-state index is 14.1. The number of aryl methyl sites for hydroxylation is 1. The zero-order chi connectivity index (χ0) is 30.3. The number of aliphatic hydroxyl groups is 1. The molecule has 218 valence electrons. The number of carbonyl (C=O) groups is 1. The van der Waals surface area contributed by atoms with E-state index in [4.69, 9.17) is 16.6 Å². The molecular formula is C32H35ClN6O3. The van der Waals surface area contributed by atoms with Crippen LogP contribution in [0.2, 0.25) is 5.02 Å². The van der Waals surface area contributed by atoms with Gasteiger partial charge in [0.15, 0.2) is 5.65 Å². The van der Waals surface area contributed by atoms with Gasteiger partial charge in [-0.15, -0.1) is 0 Å². The molecule has 1 fully saturated rings. The Morgan fingerprint density at radius 2 is 1.90 bits per heavy atom. The van der Waals surface area contributed by atoms with Gasteiger partial charge in [0.2, 0.25) is 5.91 Å². The lowest BCUT2D eigenvalue weighted by molar-refractivity contribution is -0.128. The smallest absolute Gasteiger partial charge is 0.355 e. The highest BCUT2D eigenvalue weighted by molar-refractivity contribution is 6.34. The molecule has 2 unspecified atom stereocenters. The molecule has 4 heterocycles. The first-order valence-electron chi connectivity index (χ1n) is 14.0. The second-order valence-corrected chi connectivity index (χ2v) is 11.5. The SMILES string of the molecule is C=CC(=O)N1CC(C)N(c2nc(=O)n(-c3c(C)ccnc3C(C)C)c3nc(-c4ccccc4CO)c(Cl)cc23)CC1C. The van der Waals surface area contributed by atoms with Crippen molar-refractivity contribution in [1.29, 1.82) is 0 Å². The molecule has 0 bridgehead atoms. The van der Waals surface area contributed by atoms with E-state index in [0.29, 0.717) is 57.5 Å². The van der Waals surface area contributed by atoms with Crippen molar-refractivity contribution in [2.75, 3.05) is 18.0 Å². The fourth-order valence-corrected chi connectivity index (χ4v) is 5.99. The van der Waals surface area contributed by atoms with Crippen molar-refractivity contribution < 1.29 is 9.90 Å². The predicted molar refractivity (Wildman–Crippen MR) is 166 cm³/mol. The Hall–Kier alpha value is -4.08. The lowest BCUT2D eigenvalue weighted by Gasteiger charge is -2.44. The minimum atomic E-state index is -0.490. The van der Waals surface area contributed by atoms with E-state index in [0.717, 1.165) is 11.3 Å². The highest BCUT2D eigenvalue weighted by atomic mass is 35.5. The zero-order valence-corrected chi connectivity index (χ0v) is 25.3. The number of hydrogen-bond donors (Lipinski definition) is 1. The Balaban J connectivity index is 1.83. The molecule has 1 saturated heterocycles. The Morgan fingerprint density at radius 3 is 2.60 bits per heavy atom. The highest BCUT2D eigenvalue weighted by Gasteiger charge is 2.34. The van der Waals surface area contributed by atoms with E-state index < -0.39 is 5.69 Å². The molecule has 1 aliphatic heterocycles. The third-order valence-corrected chi connectivity index (χ3v) is 8.17. The highest BCUT2D eigenvalue weighted by Crippen LogP contribution is 2.37. The van der Waals surface area contributed by atoms with Crippen molar-refractivity contribution >= 4 is 34.4 Å². The van der Waals surface area contributed by atoms with Gasteiger partial charge in [-0.25, -0.2) is 14.3 Å². The van der Waals surface area contributed by atoms with Crippen molar-refractivity contribution in [3.8, 4) is 16.9 Å². The van der Waals surface area contributed by atoms with Crippen molar-refractivity contribution in [2.45, 2.75) is 59.2 Å². The molecule has 0 radical (unpaired) electrons. The maximum Gasteiger partial charge on any atom is 0.355 e. The third kappa shape index (κ3) is 5.07. The second kappa shape index (κ2) is 11.7. The van der Waals surface area contributed by atoms with E-state index in [-0.39, 0.29) is 30.5 Å². The van der Waals surface area contributed by atoms with Crippen LogP contribution in [0.5, 0.6) is 0 Å². The number of rotatable bonds is 6. The Labute approximate surface area is 250 Å². The number of benzene rings is 1. The van der Waals surface area contributed by atoms with Crippen LogP contribution in [-0.2, 0) is 11.4 Å². The molecule has 10 heteroatoms. The van der Waals surface area contributed by atoms with E-state index in [1.54, 1.807) is 17.2 Å². The van der Waals surface area contributed by atoms with Gasteiger partial charge < -0.3 is 14.9 Å². The van der Waals surface area contributed by atoms with E-state index in [1.165, 1.54) is 10.6 Å². The van der Waals surface area contributed by atoms with Crippen molar-refractivity contribution in [1.82, 2.24) is 24.4 Å². The number of nitrogens with zero attached hydrogens (tertiary/aromatic N) is 6. The first-order chi connectivity index (χ1) is 20.1. The minimum Gasteiger partial charge on any atom is -0.392 e. The summed E-state index contributed by atoms with van der Waals surface area (Å²) in [6, 6.07) is 10.7. The van der Waals surface area contributed by atoms with E-state index >= 15 is 0 Å². The molecule has 0 spiro atoms. The molecule has 9 nitrogen and oxygen atoms in total. The van der Waals surface area contributed by atoms with Crippen LogP contribution in [0, 0.1) is 6.92 Å². The van der Waals surface area contributed by atoms with Gasteiger partial charge in [-0.05, 0) is 56.0 Å². The Bertz CT molecular complexity index is 1750. The number of anilines is 1. The largest absolute Gasteiger partial charge is 0.392 e. The van der Waals surface area contributed by atoms with Crippen molar-refractivity contribution in [2.24, 2.45) is 0 Å². The van der Waals surface area contributed by atoms with E-state index in [1.807, 2.05) is 69.9 Å². The van der Waals surface area contributed by atoms with Crippen molar-refractivity contribution in [3.05, 3.63) is 87.6 Å². The molecular weight excluding hydrogens is 552 g/mol. The molecule has 3 aromatic heterocycles. The first-order valence-corrected chi connectivity index (χ1v) is 14.4. The van der Waals surface area contributed by atoms with Crippen LogP contribution in [0.15, 0.2) is 60.0 Å². The number of halogens is 1. The summed E-state index contributed by atoms with van der Waals surface area (Å²) in [6.07, 6.45) is 3.06. The average molecular weight is 587 g/mol. The summed E-state index contributed by atoms with van der Waals surface area (Å²) in [5, 5.41) is 11.0. The number of carbonyl (C=O) groups excluding carboxylic acids is 1. The number of aromatic nitrogens is 4. The lowest BCUT2D eigenvalue weighted by atomic mass is 10.0. The lowest BCUT2D eigenvalue weighted by Crippen LogP contribution is -2.58. The summed E-state index contributed by atoms with van der Waals surface area (Å²) >= 11 is 6.92. The van der Waals surface area contributed by atoms with Gasteiger partial charge >= 0.3 is 5.69 Å². The molecule has 42 heavy (non-hydrogen) atoms. The topological polar surface area (TPSA) is 104 Å². The quantitative estimate of drug-likeness (QED) is 0.316. The van der Waals surface area contributed by atoms with Crippen LogP contribution in [0.3, 0.4) is 0 Å². The third-order valence-electron chi connectivity index (χ3n) is 7.88. The maximum absolute atomic E-state index is 14.1. The molecule has 4 aromatic rings. The number of aliphatic hydroxyl groups excluding tert-OH is 1. The van der Waals surface area contributed by atoms with Gasteiger partial charge in [0.05, 0.1) is 34.1 Å². The average Bonchev–Trinajstić information content (AvgIpc) is 2.97. The van der Waals surface area contributed by atoms with Crippen molar-refractivity contribution in [3.63, 3.8) is 0 Å². The minimum absolute atomic E-state index is 0.0276. The molecule has 0 aliphatic carbocycles. The second-order valence-electron chi connectivity index (χ2n) is 11.1. The van der Waals surface area contributed by atoms with Crippen LogP contribution in [0.1, 0.15) is 50.4 Å². The van der Waals surface area contributed by atoms with Crippen LogP contribution in [0.4, 0.5) is 5.82 Å². The molecule has 2 atom stereocenters. The molecule has 1 aliphatic rings. The number of hydrogen-bond acceptors (Lipinski definition) is 7. The standard InChI is InChI=1S/C32H35ClN6O3/c1-7-26(41)37-15-21(6)38(16-20(37)5)30-24-14-25(33)28(23-11-9-8-10-22(23)17-40)35-31(24)39(32(42)36-30)29-19(4)12-13-34-27(29)18(2)3/h7-14,18,20-21,40H,1,15-17H2,2-6H3. The van der Waals surface area contributed by atoms with Crippen LogP contribution in [-0.4, -0.2) is 60.6 Å². The molecule has 1 N–H and O–H groups in total. The summed E-state index contributed by atoms with van der Waals surface area (Å²) < 4.78 is 1.53. The van der Waals surface area contributed by atoms with Gasteiger partial charge in [0.1, 0.15) is 5.82 Å². The number of fused-ring (bicyclic) bond motifs is 1. The normalized spacial score (nSPS) is 17.2. The summed E-state index contributed by atoms with van der Waals surface area (Å²) in [7, 11) is 0.